The van der Waals surface area contributed by atoms with E-state index < -0.39 is 0 Å². The maximum absolute atomic E-state index is 11.9. The van der Waals surface area contributed by atoms with Crippen molar-refractivity contribution in [2.75, 3.05) is 39.3 Å². The predicted octanol–water partition coefficient (Wildman–Crippen LogP) is 1.62. The van der Waals surface area contributed by atoms with Crippen molar-refractivity contribution in [1.82, 2.24) is 15.1 Å². The van der Waals surface area contributed by atoms with Crippen molar-refractivity contribution in [3.05, 3.63) is 35.4 Å². The van der Waals surface area contributed by atoms with Gasteiger partial charge in [0, 0.05) is 32.7 Å². The number of nitrogens with zero attached hydrogens (tertiary/aromatic N) is 2. The van der Waals surface area contributed by atoms with Crippen LogP contribution in [0.25, 0.3) is 0 Å². The first-order chi connectivity index (χ1) is 11.7. The van der Waals surface area contributed by atoms with Crippen molar-refractivity contribution in [3.63, 3.8) is 0 Å². The van der Waals surface area contributed by atoms with Crippen molar-refractivity contribution in [3.8, 4) is 0 Å². The summed E-state index contributed by atoms with van der Waals surface area (Å²) in [7, 11) is 0. The van der Waals surface area contributed by atoms with E-state index in [2.05, 4.69) is 39.4 Å². The van der Waals surface area contributed by atoms with E-state index in [0.717, 1.165) is 32.7 Å². The number of esters is 1. The second-order valence-electron chi connectivity index (χ2n) is 6.80. The van der Waals surface area contributed by atoms with Crippen molar-refractivity contribution in [2.24, 2.45) is 0 Å². The lowest BCUT2D eigenvalue weighted by atomic mass is 10.1. The van der Waals surface area contributed by atoms with Gasteiger partial charge < -0.3 is 10.1 Å². The summed E-state index contributed by atoms with van der Waals surface area (Å²) in [5.74, 6) is -0.134. The fraction of sp³-hybridized carbons (Fsp3) is 0.632. The molecule has 1 aromatic rings. The molecule has 2 saturated heterocycles. The third-order valence-electron chi connectivity index (χ3n) is 4.83. The van der Waals surface area contributed by atoms with E-state index in [1.165, 1.54) is 37.1 Å². The number of hydrogen-bond acceptors (Lipinski definition) is 5. The predicted molar refractivity (Wildman–Crippen MR) is 94.7 cm³/mol. The third kappa shape index (κ3) is 4.79. The Balaban J connectivity index is 1.55. The van der Waals surface area contributed by atoms with E-state index in [-0.39, 0.29) is 12.0 Å². The fourth-order valence-corrected chi connectivity index (χ4v) is 3.64. The number of nitrogens with one attached hydrogen (secondary N) is 1. The van der Waals surface area contributed by atoms with Crippen LogP contribution in [0, 0.1) is 0 Å². The number of piperazine rings is 1. The van der Waals surface area contributed by atoms with Crippen molar-refractivity contribution < 1.29 is 9.53 Å². The Bertz CT molecular complexity index is 543. The van der Waals surface area contributed by atoms with Gasteiger partial charge in [0.25, 0.3) is 0 Å². The van der Waals surface area contributed by atoms with Gasteiger partial charge in [0.05, 0.1) is 6.61 Å². The van der Waals surface area contributed by atoms with Gasteiger partial charge in [0.2, 0.25) is 0 Å². The van der Waals surface area contributed by atoms with Gasteiger partial charge in [-0.3, -0.25) is 14.6 Å². The highest BCUT2D eigenvalue weighted by molar-refractivity contribution is 5.76. The first-order valence-corrected chi connectivity index (χ1v) is 9.17. The standard InChI is InChI=1S/C19H29N3O2/c1-2-24-19(23)18-15-22(11-8-20-18)14-17-7-5-6-16(12-17)13-21-9-3-4-10-21/h5-7,12,18,20H,2-4,8-11,13-15H2,1H3. The molecule has 3 rings (SSSR count). The van der Waals surface area contributed by atoms with Crippen LogP contribution in [0.2, 0.25) is 0 Å². The van der Waals surface area contributed by atoms with E-state index in [1.54, 1.807) is 0 Å². The van der Waals surface area contributed by atoms with Crippen LogP contribution in [0.3, 0.4) is 0 Å². The lowest BCUT2D eigenvalue weighted by molar-refractivity contribution is -0.146. The summed E-state index contributed by atoms with van der Waals surface area (Å²) in [4.78, 5) is 16.8. The molecule has 2 heterocycles. The Morgan fingerprint density at radius 2 is 1.88 bits per heavy atom. The Labute approximate surface area is 145 Å². The third-order valence-corrected chi connectivity index (χ3v) is 4.83. The van der Waals surface area contributed by atoms with Gasteiger partial charge in [-0.25, -0.2) is 0 Å². The lowest BCUT2D eigenvalue weighted by Crippen LogP contribution is -2.54. The highest BCUT2D eigenvalue weighted by atomic mass is 16.5. The zero-order chi connectivity index (χ0) is 16.8. The zero-order valence-electron chi connectivity index (χ0n) is 14.7. The molecule has 1 unspecified atom stereocenters. The van der Waals surface area contributed by atoms with Crippen LogP contribution in [0.5, 0.6) is 0 Å². The monoisotopic (exact) mass is 331 g/mol. The van der Waals surface area contributed by atoms with E-state index in [0.29, 0.717) is 6.61 Å². The normalized spacial score (nSPS) is 22.6. The minimum atomic E-state index is -0.202. The second kappa shape index (κ2) is 8.60. The molecule has 0 spiro atoms. The molecule has 0 amide bonds. The number of hydrogen-bond donors (Lipinski definition) is 1. The van der Waals surface area contributed by atoms with Gasteiger partial charge in [-0.1, -0.05) is 24.3 Å². The van der Waals surface area contributed by atoms with Crippen LogP contribution in [0.1, 0.15) is 30.9 Å². The molecule has 1 atom stereocenters. The summed E-state index contributed by atoms with van der Waals surface area (Å²) in [5, 5.41) is 3.26. The Hall–Kier alpha value is -1.43. The van der Waals surface area contributed by atoms with Crippen LogP contribution in [0.4, 0.5) is 0 Å². The summed E-state index contributed by atoms with van der Waals surface area (Å²) < 4.78 is 5.14. The molecule has 0 radical (unpaired) electrons. The maximum Gasteiger partial charge on any atom is 0.324 e. The average molecular weight is 331 g/mol. The summed E-state index contributed by atoms with van der Waals surface area (Å²) in [6, 6.07) is 8.69. The van der Waals surface area contributed by atoms with E-state index in [1.807, 2.05) is 6.92 Å². The Kier molecular flexibility index (Phi) is 6.24. The number of likely N-dealkylation sites (tertiary alicyclic amines) is 1. The van der Waals surface area contributed by atoms with Crippen LogP contribution in [-0.4, -0.2) is 61.1 Å². The summed E-state index contributed by atoms with van der Waals surface area (Å²) in [5.41, 5.74) is 2.72. The minimum Gasteiger partial charge on any atom is -0.465 e. The summed E-state index contributed by atoms with van der Waals surface area (Å²) >= 11 is 0. The number of carbonyl (C=O) groups is 1. The molecule has 0 saturated carbocycles. The molecule has 132 valence electrons. The first kappa shape index (κ1) is 17.4. The van der Waals surface area contributed by atoms with Gasteiger partial charge >= 0.3 is 5.97 Å². The summed E-state index contributed by atoms with van der Waals surface area (Å²) in [6.45, 7) is 9.21. The SMILES string of the molecule is CCOC(=O)C1CN(Cc2cccc(CN3CCCC3)c2)CCN1. The molecular weight excluding hydrogens is 302 g/mol. The van der Waals surface area contributed by atoms with Crippen LogP contribution in [-0.2, 0) is 22.6 Å². The van der Waals surface area contributed by atoms with Crippen LogP contribution >= 0.6 is 0 Å². The molecule has 1 aromatic carbocycles. The molecule has 2 aliphatic rings. The number of carbonyl (C=O) groups excluding carboxylic acids is 1. The quantitative estimate of drug-likeness (QED) is 0.803. The molecule has 24 heavy (non-hydrogen) atoms. The molecule has 0 aliphatic carbocycles. The largest absolute Gasteiger partial charge is 0.465 e. The Morgan fingerprint density at radius 1 is 1.17 bits per heavy atom. The maximum atomic E-state index is 11.9. The highest BCUT2D eigenvalue weighted by Gasteiger charge is 2.26. The average Bonchev–Trinajstić information content (AvgIpc) is 3.09. The van der Waals surface area contributed by atoms with E-state index >= 15 is 0 Å². The molecule has 0 bridgehead atoms. The molecular formula is C19H29N3O2. The van der Waals surface area contributed by atoms with Gasteiger partial charge in [-0.2, -0.15) is 0 Å². The van der Waals surface area contributed by atoms with E-state index in [9.17, 15) is 4.79 Å². The van der Waals surface area contributed by atoms with Crippen molar-refractivity contribution in [2.45, 2.75) is 38.9 Å². The number of ether oxygens (including phenoxy) is 1. The van der Waals surface area contributed by atoms with Crippen molar-refractivity contribution >= 4 is 5.97 Å². The second-order valence-corrected chi connectivity index (χ2v) is 6.80. The number of rotatable bonds is 6. The zero-order valence-corrected chi connectivity index (χ0v) is 14.7. The lowest BCUT2D eigenvalue weighted by Gasteiger charge is -2.32. The molecule has 1 N–H and O–H groups in total. The molecule has 5 heteroatoms. The molecule has 2 fully saturated rings. The minimum absolute atomic E-state index is 0.134. The van der Waals surface area contributed by atoms with E-state index in [4.69, 9.17) is 4.74 Å². The van der Waals surface area contributed by atoms with Crippen molar-refractivity contribution in [1.29, 1.82) is 0 Å². The van der Waals surface area contributed by atoms with Gasteiger partial charge in [-0.05, 0) is 44.0 Å². The van der Waals surface area contributed by atoms with Gasteiger partial charge in [0.1, 0.15) is 6.04 Å². The topological polar surface area (TPSA) is 44.8 Å². The van der Waals surface area contributed by atoms with Gasteiger partial charge in [-0.15, -0.1) is 0 Å². The van der Waals surface area contributed by atoms with Crippen LogP contribution in [0.15, 0.2) is 24.3 Å². The first-order valence-electron chi connectivity index (χ1n) is 9.17. The van der Waals surface area contributed by atoms with Gasteiger partial charge in [0.15, 0.2) is 0 Å². The fourth-order valence-electron chi connectivity index (χ4n) is 3.64. The highest BCUT2D eigenvalue weighted by Crippen LogP contribution is 2.15. The van der Waals surface area contributed by atoms with Crippen LogP contribution < -0.4 is 5.32 Å². The molecule has 5 nitrogen and oxygen atoms in total. The summed E-state index contributed by atoms with van der Waals surface area (Å²) in [6.07, 6.45) is 2.66. The molecule has 0 aromatic heterocycles. The smallest absolute Gasteiger partial charge is 0.324 e. The Morgan fingerprint density at radius 3 is 2.58 bits per heavy atom. The molecule has 2 aliphatic heterocycles. The number of benzene rings is 1.